The number of fused-ring (bicyclic) bond motifs is 2. The van der Waals surface area contributed by atoms with E-state index in [1.165, 1.54) is 24.8 Å². The van der Waals surface area contributed by atoms with Gasteiger partial charge in [0.15, 0.2) is 6.10 Å². The minimum absolute atomic E-state index is 0.0162. The standard InChI is InChI=1S/C20H29NO2/c1-13(19(22)21-18-12-14-5-6-15(18)11-14)23-17-9-7-16(8-10-17)20(2,3)4/h7-10,13-15,18H,5-6,11-12H2,1-4H3,(H,21,22)/t13-,14+,15+,18-/m1/s1. The molecule has 23 heavy (non-hydrogen) atoms. The number of ether oxygens (including phenoxy) is 1. The summed E-state index contributed by atoms with van der Waals surface area (Å²) < 4.78 is 5.82. The molecule has 0 saturated heterocycles. The molecule has 1 aromatic carbocycles. The van der Waals surface area contributed by atoms with Crippen LogP contribution in [0.5, 0.6) is 5.75 Å². The summed E-state index contributed by atoms with van der Waals surface area (Å²) in [4.78, 5) is 12.4. The molecule has 2 bridgehead atoms. The number of carbonyl (C=O) groups excluding carboxylic acids is 1. The van der Waals surface area contributed by atoms with Crippen LogP contribution in [-0.4, -0.2) is 18.1 Å². The minimum atomic E-state index is -0.449. The van der Waals surface area contributed by atoms with Crippen LogP contribution >= 0.6 is 0 Å². The van der Waals surface area contributed by atoms with Crippen molar-refractivity contribution in [1.29, 1.82) is 0 Å². The van der Waals surface area contributed by atoms with E-state index in [0.29, 0.717) is 12.0 Å². The molecule has 0 aliphatic heterocycles. The summed E-state index contributed by atoms with van der Waals surface area (Å²) in [7, 11) is 0. The topological polar surface area (TPSA) is 38.3 Å². The Morgan fingerprint density at radius 2 is 1.87 bits per heavy atom. The Kier molecular flexibility index (Phi) is 4.39. The van der Waals surface area contributed by atoms with Crippen LogP contribution < -0.4 is 10.1 Å². The van der Waals surface area contributed by atoms with Gasteiger partial charge in [0, 0.05) is 6.04 Å². The van der Waals surface area contributed by atoms with Crippen LogP contribution in [0.15, 0.2) is 24.3 Å². The molecule has 4 atom stereocenters. The van der Waals surface area contributed by atoms with E-state index in [9.17, 15) is 4.79 Å². The fourth-order valence-corrected chi connectivity index (χ4v) is 4.01. The lowest BCUT2D eigenvalue weighted by Crippen LogP contribution is -2.44. The maximum atomic E-state index is 12.4. The summed E-state index contributed by atoms with van der Waals surface area (Å²) in [6.07, 6.45) is 4.63. The Bertz CT molecular complexity index is 558. The molecule has 1 aromatic rings. The van der Waals surface area contributed by atoms with Gasteiger partial charge in [0.2, 0.25) is 0 Å². The quantitative estimate of drug-likeness (QED) is 0.910. The van der Waals surface area contributed by atoms with Crippen LogP contribution in [0.25, 0.3) is 0 Å². The summed E-state index contributed by atoms with van der Waals surface area (Å²) in [6.45, 7) is 8.40. The largest absolute Gasteiger partial charge is 0.481 e. The van der Waals surface area contributed by atoms with E-state index in [1.807, 2.05) is 19.1 Å². The fraction of sp³-hybridized carbons (Fsp3) is 0.650. The first-order chi connectivity index (χ1) is 10.8. The first kappa shape index (κ1) is 16.4. The van der Waals surface area contributed by atoms with Crippen LogP contribution in [0.4, 0.5) is 0 Å². The number of hydrogen-bond acceptors (Lipinski definition) is 2. The van der Waals surface area contributed by atoms with Crippen molar-refractivity contribution < 1.29 is 9.53 Å². The van der Waals surface area contributed by atoms with Crippen molar-refractivity contribution in [2.75, 3.05) is 0 Å². The predicted molar refractivity (Wildman–Crippen MR) is 92.6 cm³/mol. The van der Waals surface area contributed by atoms with Gasteiger partial charge < -0.3 is 10.1 Å². The molecule has 2 aliphatic rings. The van der Waals surface area contributed by atoms with Crippen molar-refractivity contribution in [2.24, 2.45) is 11.8 Å². The molecule has 0 heterocycles. The third-order valence-electron chi connectivity index (χ3n) is 5.47. The van der Waals surface area contributed by atoms with Crippen molar-refractivity contribution in [3.05, 3.63) is 29.8 Å². The molecule has 126 valence electrons. The molecule has 0 unspecified atom stereocenters. The van der Waals surface area contributed by atoms with Gasteiger partial charge in [-0.15, -0.1) is 0 Å². The Hall–Kier alpha value is -1.51. The zero-order chi connectivity index (χ0) is 16.6. The highest BCUT2D eigenvalue weighted by Gasteiger charge is 2.40. The maximum Gasteiger partial charge on any atom is 0.261 e. The van der Waals surface area contributed by atoms with Crippen LogP contribution in [0.1, 0.15) is 58.9 Å². The van der Waals surface area contributed by atoms with Gasteiger partial charge in [-0.05, 0) is 61.1 Å². The second kappa shape index (κ2) is 6.18. The highest BCUT2D eigenvalue weighted by Crippen LogP contribution is 2.44. The molecular weight excluding hydrogens is 286 g/mol. The van der Waals surface area contributed by atoms with Crippen LogP contribution in [-0.2, 0) is 10.2 Å². The predicted octanol–water partition coefficient (Wildman–Crippen LogP) is 4.06. The Morgan fingerprint density at radius 3 is 2.39 bits per heavy atom. The van der Waals surface area contributed by atoms with Gasteiger partial charge in [0.1, 0.15) is 5.75 Å². The molecule has 0 aromatic heterocycles. The third-order valence-corrected chi connectivity index (χ3v) is 5.47. The molecule has 1 N–H and O–H groups in total. The molecule has 0 radical (unpaired) electrons. The third kappa shape index (κ3) is 3.70. The number of nitrogens with one attached hydrogen (secondary N) is 1. The Balaban J connectivity index is 1.54. The summed E-state index contributed by atoms with van der Waals surface area (Å²) in [6, 6.07) is 8.45. The molecule has 3 nitrogen and oxygen atoms in total. The molecule has 2 fully saturated rings. The Morgan fingerprint density at radius 1 is 1.17 bits per heavy atom. The van der Waals surface area contributed by atoms with Crippen LogP contribution in [0.3, 0.4) is 0 Å². The van der Waals surface area contributed by atoms with Crippen molar-refractivity contribution >= 4 is 5.91 Å². The van der Waals surface area contributed by atoms with Gasteiger partial charge in [0.25, 0.3) is 5.91 Å². The van der Waals surface area contributed by atoms with Crippen LogP contribution in [0.2, 0.25) is 0 Å². The Labute approximate surface area is 139 Å². The molecule has 0 spiro atoms. The number of benzene rings is 1. The molecule has 2 aliphatic carbocycles. The van der Waals surface area contributed by atoms with E-state index >= 15 is 0 Å². The first-order valence-corrected chi connectivity index (χ1v) is 8.90. The molecule has 3 rings (SSSR count). The second-order valence-electron chi connectivity index (χ2n) is 8.32. The van der Waals surface area contributed by atoms with Gasteiger partial charge in [-0.25, -0.2) is 0 Å². The number of hydrogen-bond donors (Lipinski definition) is 1. The van der Waals surface area contributed by atoms with E-state index in [-0.39, 0.29) is 11.3 Å². The van der Waals surface area contributed by atoms with Gasteiger partial charge >= 0.3 is 0 Å². The number of amides is 1. The van der Waals surface area contributed by atoms with Gasteiger partial charge in [-0.3, -0.25) is 4.79 Å². The zero-order valence-electron chi connectivity index (χ0n) is 14.8. The summed E-state index contributed by atoms with van der Waals surface area (Å²) >= 11 is 0. The lowest BCUT2D eigenvalue weighted by molar-refractivity contribution is -0.128. The number of rotatable bonds is 4. The molecule has 1 amide bonds. The average molecular weight is 315 g/mol. The summed E-state index contributed by atoms with van der Waals surface area (Å²) in [5.74, 6) is 2.31. The van der Waals surface area contributed by atoms with E-state index in [1.54, 1.807) is 0 Å². The van der Waals surface area contributed by atoms with E-state index < -0.39 is 6.10 Å². The summed E-state index contributed by atoms with van der Waals surface area (Å²) in [5, 5.41) is 3.20. The lowest BCUT2D eigenvalue weighted by Gasteiger charge is -2.25. The van der Waals surface area contributed by atoms with E-state index in [2.05, 4.69) is 38.2 Å². The molecular formula is C20H29NO2. The van der Waals surface area contributed by atoms with Crippen molar-refractivity contribution in [3.8, 4) is 5.75 Å². The van der Waals surface area contributed by atoms with Crippen LogP contribution in [0, 0.1) is 11.8 Å². The minimum Gasteiger partial charge on any atom is -0.481 e. The monoisotopic (exact) mass is 315 g/mol. The second-order valence-corrected chi connectivity index (χ2v) is 8.32. The first-order valence-electron chi connectivity index (χ1n) is 8.90. The highest BCUT2D eigenvalue weighted by molar-refractivity contribution is 5.81. The zero-order valence-corrected chi connectivity index (χ0v) is 14.8. The highest BCUT2D eigenvalue weighted by atomic mass is 16.5. The van der Waals surface area contributed by atoms with Gasteiger partial charge in [0.05, 0.1) is 0 Å². The van der Waals surface area contributed by atoms with Gasteiger partial charge in [-0.2, -0.15) is 0 Å². The average Bonchev–Trinajstić information content (AvgIpc) is 3.09. The molecule has 3 heteroatoms. The molecule has 2 saturated carbocycles. The smallest absolute Gasteiger partial charge is 0.261 e. The van der Waals surface area contributed by atoms with Gasteiger partial charge in [-0.1, -0.05) is 39.3 Å². The fourth-order valence-electron chi connectivity index (χ4n) is 4.01. The van der Waals surface area contributed by atoms with Crippen molar-refractivity contribution in [3.63, 3.8) is 0 Å². The normalized spacial score (nSPS) is 27.7. The van der Waals surface area contributed by atoms with Crippen molar-refractivity contribution in [1.82, 2.24) is 5.32 Å². The lowest BCUT2D eigenvalue weighted by atomic mass is 9.87. The maximum absolute atomic E-state index is 12.4. The van der Waals surface area contributed by atoms with Crippen molar-refractivity contribution in [2.45, 2.75) is 70.9 Å². The summed E-state index contributed by atoms with van der Waals surface area (Å²) in [5.41, 5.74) is 1.40. The number of carbonyl (C=O) groups is 1. The van der Waals surface area contributed by atoms with E-state index in [4.69, 9.17) is 4.74 Å². The SMILES string of the molecule is C[C@@H](Oc1ccc(C(C)(C)C)cc1)C(=O)N[C@@H]1C[C@H]2CC[C@H]1C2. The van der Waals surface area contributed by atoms with E-state index in [0.717, 1.165) is 18.1 Å².